The minimum Gasteiger partial charge on any atom is -0.260 e. The summed E-state index contributed by atoms with van der Waals surface area (Å²) < 4.78 is 33.1. The molecule has 0 radical (unpaired) electrons. The number of alkyl halides is 3. The van der Waals surface area contributed by atoms with Crippen molar-refractivity contribution in [2.24, 2.45) is 4.99 Å². The third kappa shape index (κ3) is 5.20. The standard InChI is InChI=1S/C4H4F3N/c1-2-8-3-4(5,6)7/h2-3H,1H2. The fourth-order valence-corrected chi connectivity index (χ4v) is 0.137. The van der Waals surface area contributed by atoms with Crippen molar-refractivity contribution in [1.29, 1.82) is 0 Å². The zero-order chi connectivity index (χ0) is 6.62. The lowest BCUT2D eigenvalue weighted by molar-refractivity contribution is -0.0535. The summed E-state index contributed by atoms with van der Waals surface area (Å²) in [7, 11) is 0. The quantitative estimate of drug-likeness (QED) is 0.471. The summed E-state index contributed by atoms with van der Waals surface area (Å²) in [6.07, 6.45) is -3.61. The normalized spacial score (nSPS) is 12.4. The molecule has 0 aromatic rings. The van der Waals surface area contributed by atoms with Gasteiger partial charge in [-0.1, -0.05) is 6.58 Å². The van der Waals surface area contributed by atoms with Crippen LogP contribution in [0.15, 0.2) is 17.8 Å². The van der Waals surface area contributed by atoms with E-state index in [1.807, 2.05) is 0 Å². The van der Waals surface area contributed by atoms with Crippen LogP contribution in [0.3, 0.4) is 0 Å². The number of hydrogen-bond donors (Lipinski definition) is 0. The average molecular weight is 123 g/mol. The molecular formula is C4H4F3N. The first-order valence-corrected chi connectivity index (χ1v) is 1.78. The van der Waals surface area contributed by atoms with Crippen molar-refractivity contribution in [2.75, 3.05) is 0 Å². The summed E-state index contributed by atoms with van der Waals surface area (Å²) in [5.74, 6) is 0. The zero-order valence-corrected chi connectivity index (χ0v) is 3.94. The van der Waals surface area contributed by atoms with Crippen molar-refractivity contribution in [3.63, 3.8) is 0 Å². The first-order valence-electron chi connectivity index (χ1n) is 1.78. The Morgan fingerprint density at radius 3 is 2.00 bits per heavy atom. The first kappa shape index (κ1) is 7.20. The number of hydrogen-bond acceptors (Lipinski definition) is 1. The largest absolute Gasteiger partial charge is 0.426 e. The van der Waals surface area contributed by atoms with Crippen LogP contribution in [0.4, 0.5) is 13.2 Å². The van der Waals surface area contributed by atoms with E-state index in [4.69, 9.17) is 0 Å². The van der Waals surface area contributed by atoms with Crippen molar-refractivity contribution in [3.8, 4) is 0 Å². The van der Waals surface area contributed by atoms with Gasteiger partial charge < -0.3 is 0 Å². The molecule has 0 fully saturated rings. The lowest BCUT2D eigenvalue weighted by Crippen LogP contribution is -2.07. The maximum absolute atomic E-state index is 11.0. The Hall–Kier alpha value is -0.800. The predicted molar refractivity (Wildman–Crippen MR) is 24.7 cm³/mol. The molecule has 0 rings (SSSR count). The third-order valence-electron chi connectivity index (χ3n) is 0.326. The number of rotatable bonds is 1. The maximum atomic E-state index is 11.0. The molecule has 0 amide bonds. The lowest BCUT2D eigenvalue weighted by atomic mass is 10.7. The minimum absolute atomic E-state index is 0.125. The Balaban J connectivity index is 3.69. The van der Waals surface area contributed by atoms with Crippen LogP contribution in [0, 0.1) is 0 Å². The van der Waals surface area contributed by atoms with Gasteiger partial charge >= 0.3 is 6.18 Å². The second-order valence-corrected chi connectivity index (χ2v) is 1.00. The highest BCUT2D eigenvalue weighted by atomic mass is 19.4. The molecule has 0 saturated heterocycles. The summed E-state index contributed by atoms with van der Waals surface area (Å²) in [5.41, 5.74) is 0. The van der Waals surface area contributed by atoms with E-state index in [0.29, 0.717) is 0 Å². The average Bonchev–Trinajstić information content (AvgIpc) is 1.59. The Morgan fingerprint density at radius 2 is 1.88 bits per heavy atom. The molecule has 46 valence electrons. The van der Waals surface area contributed by atoms with Crippen LogP contribution in [0.5, 0.6) is 0 Å². The monoisotopic (exact) mass is 123 g/mol. The molecule has 0 N–H and O–H groups in total. The van der Waals surface area contributed by atoms with Gasteiger partial charge in [-0.15, -0.1) is 0 Å². The molecule has 0 saturated carbocycles. The van der Waals surface area contributed by atoms with Gasteiger partial charge in [-0.25, -0.2) is 0 Å². The van der Waals surface area contributed by atoms with Gasteiger partial charge in [0.2, 0.25) is 0 Å². The number of halogens is 3. The van der Waals surface area contributed by atoms with Gasteiger partial charge in [0.15, 0.2) is 0 Å². The highest BCUT2D eigenvalue weighted by Crippen LogP contribution is 2.09. The Kier molecular flexibility index (Phi) is 2.24. The van der Waals surface area contributed by atoms with E-state index < -0.39 is 6.18 Å². The second-order valence-electron chi connectivity index (χ2n) is 1.00. The SMILES string of the molecule is C=CN=CC(F)(F)F. The van der Waals surface area contributed by atoms with Crippen molar-refractivity contribution in [3.05, 3.63) is 12.8 Å². The molecule has 0 spiro atoms. The van der Waals surface area contributed by atoms with Gasteiger partial charge in [-0.05, 0) is 0 Å². The molecule has 0 atom stereocenters. The molecule has 1 nitrogen and oxygen atoms in total. The Labute approximate surface area is 44.5 Å². The summed E-state index contributed by atoms with van der Waals surface area (Å²) in [6.45, 7) is 2.97. The van der Waals surface area contributed by atoms with E-state index in [9.17, 15) is 13.2 Å². The summed E-state index contributed by atoms with van der Waals surface area (Å²) in [6, 6.07) is 0. The molecule has 0 unspecified atom stereocenters. The van der Waals surface area contributed by atoms with Crippen LogP contribution in [0.2, 0.25) is 0 Å². The topological polar surface area (TPSA) is 12.4 Å². The summed E-state index contributed by atoms with van der Waals surface area (Å²) >= 11 is 0. The lowest BCUT2D eigenvalue weighted by Gasteiger charge is -1.92. The van der Waals surface area contributed by atoms with Crippen LogP contribution in [0.25, 0.3) is 0 Å². The molecule has 0 aliphatic carbocycles. The Bertz CT molecular complexity index is 102. The van der Waals surface area contributed by atoms with E-state index in [1.54, 1.807) is 0 Å². The molecule has 4 heteroatoms. The van der Waals surface area contributed by atoms with E-state index in [2.05, 4.69) is 11.6 Å². The van der Waals surface area contributed by atoms with Crippen molar-refractivity contribution < 1.29 is 13.2 Å². The van der Waals surface area contributed by atoms with Gasteiger partial charge in [0, 0.05) is 6.20 Å². The van der Waals surface area contributed by atoms with Gasteiger partial charge in [-0.3, -0.25) is 4.99 Å². The molecule has 0 aliphatic rings. The zero-order valence-electron chi connectivity index (χ0n) is 3.94. The van der Waals surface area contributed by atoms with E-state index in [1.165, 1.54) is 0 Å². The van der Waals surface area contributed by atoms with Gasteiger partial charge in [-0.2, -0.15) is 13.2 Å². The second kappa shape index (κ2) is 2.49. The van der Waals surface area contributed by atoms with E-state index in [0.717, 1.165) is 6.20 Å². The van der Waals surface area contributed by atoms with Gasteiger partial charge in [0.1, 0.15) is 6.21 Å². The molecule has 0 heterocycles. The highest BCUT2D eigenvalue weighted by molar-refractivity contribution is 5.64. The van der Waals surface area contributed by atoms with Crippen LogP contribution >= 0.6 is 0 Å². The van der Waals surface area contributed by atoms with Crippen LogP contribution in [0.1, 0.15) is 0 Å². The Morgan fingerprint density at radius 1 is 1.38 bits per heavy atom. The maximum Gasteiger partial charge on any atom is 0.426 e. The highest BCUT2D eigenvalue weighted by Gasteiger charge is 2.22. The van der Waals surface area contributed by atoms with Gasteiger partial charge in [0.25, 0.3) is 0 Å². The predicted octanol–water partition coefficient (Wildman–Crippen LogP) is 1.76. The van der Waals surface area contributed by atoms with Crippen LogP contribution in [-0.4, -0.2) is 12.4 Å². The van der Waals surface area contributed by atoms with Crippen molar-refractivity contribution in [1.82, 2.24) is 0 Å². The van der Waals surface area contributed by atoms with E-state index in [-0.39, 0.29) is 6.21 Å². The molecular weight excluding hydrogens is 119 g/mol. The van der Waals surface area contributed by atoms with Crippen molar-refractivity contribution >= 4 is 6.21 Å². The van der Waals surface area contributed by atoms with E-state index >= 15 is 0 Å². The molecule has 0 bridgehead atoms. The minimum atomic E-state index is -4.31. The molecule has 0 aliphatic heterocycles. The molecule has 0 aromatic carbocycles. The third-order valence-corrected chi connectivity index (χ3v) is 0.326. The molecule has 0 aromatic heterocycles. The number of nitrogens with zero attached hydrogens (tertiary/aromatic N) is 1. The van der Waals surface area contributed by atoms with Gasteiger partial charge in [0.05, 0.1) is 0 Å². The fraction of sp³-hybridized carbons (Fsp3) is 0.250. The first-order chi connectivity index (χ1) is 3.56. The molecule has 8 heavy (non-hydrogen) atoms. The number of aliphatic imine (C=N–C) groups is 1. The summed E-state index contributed by atoms with van der Waals surface area (Å²) in [5, 5.41) is 0. The van der Waals surface area contributed by atoms with Crippen LogP contribution in [-0.2, 0) is 0 Å². The smallest absolute Gasteiger partial charge is 0.260 e. The van der Waals surface area contributed by atoms with Crippen molar-refractivity contribution in [2.45, 2.75) is 6.18 Å². The fourth-order valence-electron chi connectivity index (χ4n) is 0.137. The summed E-state index contributed by atoms with van der Waals surface area (Å²) in [4.78, 5) is 2.76. The van der Waals surface area contributed by atoms with Crippen LogP contribution < -0.4 is 0 Å².